The van der Waals surface area contributed by atoms with E-state index in [9.17, 15) is 4.79 Å². The Bertz CT molecular complexity index is 1160. The molecule has 3 rings (SSSR count). The van der Waals surface area contributed by atoms with Crippen molar-refractivity contribution in [1.29, 1.82) is 5.41 Å². The minimum Gasteiger partial charge on any atom is -0.405 e. The number of carbonyl (C=O) groups excluding carboxylic acids is 1. The molecule has 1 amide bonds. The summed E-state index contributed by atoms with van der Waals surface area (Å²) in [6.07, 6.45) is 5.62. The first kappa shape index (κ1) is 21.7. The van der Waals surface area contributed by atoms with Gasteiger partial charge in [-0.2, -0.15) is 5.10 Å². The van der Waals surface area contributed by atoms with Gasteiger partial charge in [-0.15, -0.1) is 11.3 Å². The number of amides is 1. The van der Waals surface area contributed by atoms with Gasteiger partial charge in [0.2, 0.25) is 6.41 Å². The molecule has 0 bridgehead atoms. The SMILES string of the molecule is Cc1ccc(CN(C=O)/N=C\c2c(C)n(C)c3nc(CC(=N)/C=C\N)sc23)nc1Cl. The maximum absolute atomic E-state index is 11.5. The Morgan fingerprint density at radius 1 is 1.40 bits per heavy atom. The number of aromatic nitrogens is 3. The fraction of sp³-hybridized carbons (Fsp3) is 0.250. The first-order valence-electron chi connectivity index (χ1n) is 9.12. The van der Waals surface area contributed by atoms with E-state index < -0.39 is 0 Å². The summed E-state index contributed by atoms with van der Waals surface area (Å²) in [5.74, 6) is 0. The second kappa shape index (κ2) is 9.19. The molecule has 0 aliphatic carbocycles. The van der Waals surface area contributed by atoms with Crippen LogP contribution in [0, 0.1) is 19.3 Å². The number of nitrogens with one attached hydrogen (secondary N) is 1. The predicted octanol–water partition coefficient (Wildman–Crippen LogP) is 3.33. The molecule has 30 heavy (non-hydrogen) atoms. The number of pyridine rings is 1. The van der Waals surface area contributed by atoms with E-state index in [1.807, 2.05) is 37.6 Å². The minimum atomic E-state index is 0.214. The number of hydrogen-bond acceptors (Lipinski definition) is 7. The van der Waals surface area contributed by atoms with Gasteiger partial charge in [0, 0.05) is 30.4 Å². The zero-order valence-electron chi connectivity index (χ0n) is 16.9. The van der Waals surface area contributed by atoms with E-state index in [2.05, 4.69) is 15.1 Å². The third-order valence-corrected chi connectivity index (χ3v) is 6.08. The topological polar surface area (TPSA) is 113 Å². The summed E-state index contributed by atoms with van der Waals surface area (Å²) in [5, 5.41) is 14.7. The van der Waals surface area contributed by atoms with Crippen LogP contribution < -0.4 is 5.73 Å². The summed E-state index contributed by atoms with van der Waals surface area (Å²) in [4.78, 5) is 20.4. The molecule has 0 unspecified atom stereocenters. The van der Waals surface area contributed by atoms with Crippen molar-refractivity contribution in [3.63, 3.8) is 0 Å². The molecule has 0 saturated heterocycles. The van der Waals surface area contributed by atoms with Crippen LogP contribution in [-0.2, 0) is 24.8 Å². The third kappa shape index (κ3) is 4.58. The number of thiazole rings is 1. The highest BCUT2D eigenvalue weighted by atomic mass is 35.5. The van der Waals surface area contributed by atoms with Crippen LogP contribution in [0.3, 0.4) is 0 Å². The second-order valence-corrected chi connectivity index (χ2v) is 8.18. The van der Waals surface area contributed by atoms with E-state index in [1.54, 1.807) is 12.3 Å². The van der Waals surface area contributed by atoms with E-state index in [1.165, 1.54) is 22.5 Å². The van der Waals surface area contributed by atoms with Gasteiger partial charge in [-0.05, 0) is 37.8 Å². The van der Waals surface area contributed by atoms with E-state index in [4.69, 9.17) is 22.7 Å². The molecule has 0 atom stereocenters. The lowest BCUT2D eigenvalue weighted by Crippen LogP contribution is -2.16. The number of aryl methyl sites for hydroxylation is 2. The Hall–Kier alpha value is -3.04. The molecule has 0 radical (unpaired) electrons. The van der Waals surface area contributed by atoms with Crippen molar-refractivity contribution < 1.29 is 4.79 Å². The van der Waals surface area contributed by atoms with Crippen molar-refractivity contribution in [2.45, 2.75) is 26.8 Å². The van der Waals surface area contributed by atoms with Gasteiger partial charge >= 0.3 is 0 Å². The zero-order valence-corrected chi connectivity index (χ0v) is 18.5. The average molecular weight is 444 g/mol. The van der Waals surface area contributed by atoms with Gasteiger partial charge in [-0.25, -0.2) is 15.0 Å². The molecule has 0 aliphatic rings. The Balaban J connectivity index is 1.87. The number of nitrogens with two attached hydrogens (primary N) is 1. The smallest absolute Gasteiger partial charge is 0.230 e. The van der Waals surface area contributed by atoms with Crippen LogP contribution in [0.25, 0.3) is 10.3 Å². The van der Waals surface area contributed by atoms with Crippen molar-refractivity contribution in [3.05, 3.63) is 57.1 Å². The maximum Gasteiger partial charge on any atom is 0.230 e. The van der Waals surface area contributed by atoms with Crippen molar-refractivity contribution in [3.8, 4) is 0 Å². The Morgan fingerprint density at radius 3 is 2.83 bits per heavy atom. The summed E-state index contributed by atoms with van der Waals surface area (Å²) >= 11 is 7.57. The summed E-state index contributed by atoms with van der Waals surface area (Å²) in [7, 11) is 1.93. The van der Waals surface area contributed by atoms with Crippen LogP contribution in [0.4, 0.5) is 0 Å². The molecule has 0 aromatic carbocycles. The number of fused-ring (bicyclic) bond motifs is 1. The number of hydrazone groups is 1. The lowest BCUT2D eigenvalue weighted by molar-refractivity contribution is -0.118. The van der Waals surface area contributed by atoms with Crippen LogP contribution in [0.2, 0.25) is 5.15 Å². The van der Waals surface area contributed by atoms with Crippen molar-refractivity contribution in [1.82, 2.24) is 19.5 Å². The predicted molar refractivity (Wildman–Crippen MR) is 121 cm³/mol. The highest BCUT2D eigenvalue weighted by molar-refractivity contribution is 7.19. The van der Waals surface area contributed by atoms with Crippen LogP contribution in [0.1, 0.15) is 27.5 Å². The largest absolute Gasteiger partial charge is 0.405 e. The lowest BCUT2D eigenvalue weighted by atomic mass is 10.2. The number of allylic oxidation sites excluding steroid dienone is 1. The first-order valence-corrected chi connectivity index (χ1v) is 10.3. The Kier molecular flexibility index (Phi) is 6.63. The van der Waals surface area contributed by atoms with Gasteiger partial charge in [0.15, 0.2) is 5.65 Å². The highest BCUT2D eigenvalue weighted by Crippen LogP contribution is 2.29. The highest BCUT2D eigenvalue weighted by Gasteiger charge is 2.17. The van der Waals surface area contributed by atoms with Gasteiger partial charge in [-0.1, -0.05) is 17.7 Å². The van der Waals surface area contributed by atoms with Crippen LogP contribution in [0.5, 0.6) is 0 Å². The quantitative estimate of drug-likeness (QED) is 0.240. The molecule has 3 aromatic rings. The second-order valence-electron chi connectivity index (χ2n) is 6.74. The summed E-state index contributed by atoms with van der Waals surface area (Å²) in [6, 6.07) is 3.68. The van der Waals surface area contributed by atoms with Gasteiger partial charge < -0.3 is 15.7 Å². The fourth-order valence-electron chi connectivity index (χ4n) is 2.86. The monoisotopic (exact) mass is 443 g/mol. The van der Waals surface area contributed by atoms with Gasteiger partial charge in [0.05, 0.1) is 23.2 Å². The molecule has 0 saturated carbocycles. The molecular weight excluding hydrogens is 422 g/mol. The Labute approximate surface area is 183 Å². The molecular formula is C20H22ClN7OS. The standard InChI is InChI=1S/C20H22ClN7OS/c1-12-4-5-15(25-19(12)21)10-28(11-29)24-9-16-13(2)27(3)20-18(16)30-17(26-20)8-14(23)6-7-22/h4-7,9,11,23H,8,10,22H2,1-3H3/b7-6-,23-14?,24-9-. The first-order chi connectivity index (χ1) is 14.3. The van der Waals surface area contributed by atoms with Crippen molar-refractivity contribution in [2.24, 2.45) is 17.9 Å². The summed E-state index contributed by atoms with van der Waals surface area (Å²) in [5.41, 5.74) is 9.96. The number of rotatable bonds is 8. The molecule has 3 N–H and O–H groups in total. The number of nitrogens with zero attached hydrogens (tertiary/aromatic N) is 5. The van der Waals surface area contributed by atoms with Gasteiger partial charge in [0.1, 0.15) is 10.2 Å². The lowest BCUT2D eigenvalue weighted by Gasteiger charge is -2.11. The summed E-state index contributed by atoms with van der Waals surface area (Å²) in [6.45, 7) is 4.06. The molecule has 0 fully saturated rings. The van der Waals surface area contributed by atoms with Gasteiger partial charge in [0.25, 0.3) is 0 Å². The molecule has 3 aromatic heterocycles. The minimum absolute atomic E-state index is 0.214. The average Bonchev–Trinajstić information content (AvgIpc) is 3.20. The number of hydrogen-bond donors (Lipinski definition) is 2. The van der Waals surface area contributed by atoms with E-state index in [0.29, 0.717) is 29.4 Å². The van der Waals surface area contributed by atoms with E-state index >= 15 is 0 Å². The zero-order chi connectivity index (χ0) is 21.8. The molecule has 3 heterocycles. The third-order valence-electron chi connectivity index (χ3n) is 4.62. The van der Waals surface area contributed by atoms with Crippen molar-refractivity contribution in [2.75, 3.05) is 0 Å². The van der Waals surface area contributed by atoms with E-state index in [-0.39, 0.29) is 6.54 Å². The number of carbonyl (C=O) groups is 1. The molecule has 0 spiro atoms. The Morgan fingerprint density at radius 2 is 2.17 bits per heavy atom. The van der Waals surface area contributed by atoms with Crippen LogP contribution >= 0.6 is 22.9 Å². The van der Waals surface area contributed by atoms with E-state index in [0.717, 1.165) is 32.2 Å². The van der Waals surface area contributed by atoms with Crippen LogP contribution in [0.15, 0.2) is 29.5 Å². The molecule has 156 valence electrons. The van der Waals surface area contributed by atoms with Gasteiger partial charge in [-0.3, -0.25) is 4.79 Å². The van der Waals surface area contributed by atoms with Crippen molar-refractivity contribution >= 4 is 51.6 Å². The fourth-order valence-corrected chi connectivity index (χ4v) is 4.21. The normalized spacial score (nSPS) is 11.7. The maximum atomic E-state index is 11.5. The van der Waals surface area contributed by atoms with Crippen LogP contribution in [-0.4, -0.2) is 37.9 Å². The molecule has 10 heteroatoms. The summed E-state index contributed by atoms with van der Waals surface area (Å²) < 4.78 is 2.94. The number of halogens is 1. The molecule has 0 aliphatic heterocycles. The molecule has 8 nitrogen and oxygen atoms in total.